The third-order valence-corrected chi connectivity index (χ3v) is 5.52. The van der Waals surface area contributed by atoms with Crippen LogP contribution >= 0.6 is 11.3 Å². The van der Waals surface area contributed by atoms with E-state index in [9.17, 15) is 4.79 Å². The molecule has 4 rings (SSSR count). The second-order valence-electron chi connectivity index (χ2n) is 6.40. The minimum Gasteiger partial charge on any atom is -0.493 e. The van der Waals surface area contributed by atoms with E-state index in [1.807, 2.05) is 66.0 Å². The Labute approximate surface area is 172 Å². The number of amides is 1. The summed E-state index contributed by atoms with van der Waals surface area (Å²) < 4.78 is 10.7. The molecule has 1 N–H and O–H groups in total. The van der Waals surface area contributed by atoms with Crippen molar-refractivity contribution in [2.75, 3.05) is 14.2 Å². The molecular formula is C23H20N2O3S. The smallest absolute Gasteiger partial charge is 0.252 e. The molecule has 0 saturated carbocycles. The van der Waals surface area contributed by atoms with Gasteiger partial charge >= 0.3 is 0 Å². The third-order valence-electron chi connectivity index (χ3n) is 4.64. The molecule has 0 aliphatic rings. The van der Waals surface area contributed by atoms with E-state index in [0.29, 0.717) is 29.3 Å². The van der Waals surface area contributed by atoms with Gasteiger partial charge in [0.2, 0.25) is 0 Å². The number of hydrogen-bond donors (Lipinski definition) is 1. The highest BCUT2D eigenvalue weighted by Crippen LogP contribution is 2.33. The molecule has 0 spiro atoms. The molecule has 29 heavy (non-hydrogen) atoms. The van der Waals surface area contributed by atoms with E-state index in [1.54, 1.807) is 25.6 Å². The number of thiophene rings is 1. The SMILES string of the molecule is COc1ccc(-c2cc(C(=O)NCc3cccs3)c3ccccc3n2)cc1OC. The van der Waals surface area contributed by atoms with Crippen LogP contribution in [0.5, 0.6) is 11.5 Å². The summed E-state index contributed by atoms with van der Waals surface area (Å²) in [6.07, 6.45) is 0. The second kappa shape index (κ2) is 8.32. The summed E-state index contributed by atoms with van der Waals surface area (Å²) in [5.74, 6) is 1.13. The van der Waals surface area contributed by atoms with Gasteiger partial charge in [-0.05, 0) is 41.8 Å². The number of ether oxygens (including phenoxy) is 2. The molecule has 0 fully saturated rings. The van der Waals surface area contributed by atoms with E-state index in [1.165, 1.54) is 0 Å². The van der Waals surface area contributed by atoms with Gasteiger partial charge in [0, 0.05) is 15.8 Å². The predicted octanol–water partition coefficient (Wildman–Crippen LogP) is 4.91. The number of methoxy groups -OCH3 is 2. The van der Waals surface area contributed by atoms with Crippen LogP contribution in [0.25, 0.3) is 22.2 Å². The molecule has 2 aromatic heterocycles. The summed E-state index contributed by atoms with van der Waals surface area (Å²) in [6.45, 7) is 0.499. The second-order valence-corrected chi connectivity index (χ2v) is 7.44. The van der Waals surface area contributed by atoms with Crippen LogP contribution in [-0.2, 0) is 6.54 Å². The van der Waals surface area contributed by atoms with E-state index < -0.39 is 0 Å². The lowest BCUT2D eigenvalue weighted by molar-refractivity contribution is 0.0953. The lowest BCUT2D eigenvalue weighted by Crippen LogP contribution is -2.22. The number of hydrogen-bond acceptors (Lipinski definition) is 5. The first-order valence-corrected chi connectivity index (χ1v) is 10.0. The number of fused-ring (bicyclic) bond motifs is 1. The van der Waals surface area contributed by atoms with E-state index in [4.69, 9.17) is 14.5 Å². The van der Waals surface area contributed by atoms with Crippen LogP contribution in [0, 0.1) is 0 Å². The number of nitrogens with zero attached hydrogens (tertiary/aromatic N) is 1. The Bertz CT molecular complexity index is 1160. The molecule has 2 aromatic carbocycles. The maximum Gasteiger partial charge on any atom is 0.252 e. The zero-order chi connectivity index (χ0) is 20.2. The van der Waals surface area contributed by atoms with Crippen LogP contribution in [0.1, 0.15) is 15.2 Å². The maximum atomic E-state index is 13.0. The van der Waals surface area contributed by atoms with E-state index in [2.05, 4.69) is 5.32 Å². The molecule has 0 unspecified atom stereocenters. The number of nitrogens with one attached hydrogen (secondary N) is 1. The highest BCUT2D eigenvalue weighted by molar-refractivity contribution is 7.09. The fraction of sp³-hybridized carbons (Fsp3) is 0.130. The summed E-state index contributed by atoms with van der Waals surface area (Å²) in [5, 5.41) is 5.83. The van der Waals surface area contributed by atoms with Gasteiger partial charge in [-0.2, -0.15) is 0 Å². The first-order chi connectivity index (χ1) is 14.2. The van der Waals surface area contributed by atoms with Crippen molar-refractivity contribution in [1.82, 2.24) is 10.3 Å². The monoisotopic (exact) mass is 404 g/mol. The normalized spacial score (nSPS) is 10.7. The Morgan fingerprint density at radius 2 is 1.83 bits per heavy atom. The number of aromatic nitrogens is 1. The van der Waals surface area contributed by atoms with E-state index in [0.717, 1.165) is 21.3 Å². The molecule has 0 aliphatic carbocycles. The van der Waals surface area contributed by atoms with Crippen molar-refractivity contribution in [3.63, 3.8) is 0 Å². The van der Waals surface area contributed by atoms with Crippen LogP contribution < -0.4 is 14.8 Å². The van der Waals surface area contributed by atoms with Crippen LogP contribution in [0.3, 0.4) is 0 Å². The first-order valence-electron chi connectivity index (χ1n) is 9.12. The number of para-hydroxylation sites is 1. The zero-order valence-corrected chi connectivity index (χ0v) is 17.0. The third kappa shape index (κ3) is 3.93. The van der Waals surface area contributed by atoms with Crippen molar-refractivity contribution < 1.29 is 14.3 Å². The van der Waals surface area contributed by atoms with Gasteiger partial charge in [0.05, 0.1) is 37.5 Å². The van der Waals surface area contributed by atoms with Gasteiger partial charge in [-0.3, -0.25) is 4.79 Å². The molecule has 0 bridgehead atoms. The molecule has 1 amide bonds. The molecule has 6 heteroatoms. The summed E-state index contributed by atoms with van der Waals surface area (Å²) in [4.78, 5) is 18.8. The topological polar surface area (TPSA) is 60.5 Å². The maximum absolute atomic E-state index is 13.0. The minimum atomic E-state index is -0.126. The van der Waals surface area contributed by atoms with Crippen molar-refractivity contribution >= 4 is 28.1 Å². The Hall–Kier alpha value is -3.38. The van der Waals surface area contributed by atoms with Crippen molar-refractivity contribution in [3.8, 4) is 22.8 Å². The van der Waals surface area contributed by atoms with Crippen molar-refractivity contribution in [1.29, 1.82) is 0 Å². The lowest BCUT2D eigenvalue weighted by Gasteiger charge is -2.12. The molecule has 4 aromatic rings. The Balaban J connectivity index is 1.75. The molecular weight excluding hydrogens is 384 g/mol. The van der Waals surface area contributed by atoms with E-state index in [-0.39, 0.29) is 5.91 Å². The van der Waals surface area contributed by atoms with Gasteiger partial charge in [-0.1, -0.05) is 24.3 Å². The number of benzene rings is 2. The molecule has 2 heterocycles. The summed E-state index contributed by atoms with van der Waals surface area (Å²) >= 11 is 1.62. The Morgan fingerprint density at radius 1 is 1.00 bits per heavy atom. The number of rotatable bonds is 6. The highest BCUT2D eigenvalue weighted by Gasteiger charge is 2.15. The Morgan fingerprint density at radius 3 is 2.59 bits per heavy atom. The van der Waals surface area contributed by atoms with Crippen molar-refractivity contribution in [2.45, 2.75) is 6.54 Å². The van der Waals surface area contributed by atoms with Crippen molar-refractivity contribution in [3.05, 3.63) is 76.5 Å². The largest absolute Gasteiger partial charge is 0.493 e. The van der Waals surface area contributed by atoms with Crippen LogP contribution in [-0.4, -0.2) is 25.1 Å². The number of pyridine rings is 1. The molecule has 0 saturated heterocycles. The Kier molecular flexibility index (Phi) is 5.44. The molecule has 5 nitrogen and oxygen atoms in total. The predicted molar refractivity (Wildman–Crippen MR) is 116 cm³/mol. The van der Waals surface area contributed by atoms with Crippen molar-refractivity contribution in [2.24, 2.45) is 0 Å². The summed E-state index contributed by atoms with van der Waals surface area (Å²) in [7, 11) is 3.20. The van der Waals surface area contributed by atoms with Crippen LogP contribution in [0.15, 0.2) is 66.0 Å². The van der Waals surface area contributed by atoms with Gasteiger partial charge in [0.15, 0.2) is 11.5 Å². The zero-order valence-electron chi connectivity index (χ0n) is 16.1. The molecule has 0 aliphatic heterocycles. The molecule has 0 radical (unpaired) electrons. The van der Waals surface area contributed by atoms with E-state index >= 15 is 0 Å². The average Bonchev–Trinajstić information content (AvgIpc) is 3.30. The van der Waals surface area contributed by atoms with Gasteiger partial charge in [0.25, 0.3) is 5.91 Å². The number of carbonyl (C=O) groups is 1. The molecule has 146 valence electrons. The first kappa shape index (κ1) is 19.0. The number of carbonyl (C=O) groups excluding carboxylic acids is 1. The lowest BCUT2D eigenvalue weighted by atomic mass is 10.0. The quantitative estimate of drug-likeness (QED) is 0.496. The van der Waals surface area contributed by atoms with Gasteiger partial charge in [0.1, 0.15) is 0 Å². The summed E-state index contributed by atoms with van der Waals surface area (Å²) in [6, 6.07) is 19.1. The highest BCUT2D eigenvalue weighted by atomic mass is 32.1. The standard InChI is InChI=1S/C23H20N2O3S/c1-27-21-10-9-15(12-22(21)28-2)20-13-18(17-7-3-4-8-19(17)25-20)23(26)24-14-16-6-5-11-29-16/h3-13H,14H2,1-2H3,(H,24,26). The van der Waals surface area contributed by atoms with Gasteiger partial charge < -0.3 is 14.8 Å². The average molecular weight is 404 g/mol. The van der Waals surface area contributed by atoms with Gasteiger partial charge in [-0.15, -0.1) is 11.3 Å². The van der Waals surface area contributed by atoms with Crippen LogP contribution in [0.2, 0.25) is 0 Å². The summed E-state index contributed by atoms with van der Waals surface area (Å²) in [5.41, 5.74) is 2.91. The van der Waals surface area contributed by atoms with Crippen LogP contribution in [0.4, 0.5) is 0 Å². The molecule has 0 atom stereocenters. The fourth-order valence-corrected chi connectivity index (χ4v) is 3.83. The minimum absolute atomic E-state index is 0.126. The van der Waals surface area contributed by atoms with Gasteiger partial charge in [-0.25, -0.2) is 4.98 Å². The fourth-order valence-electron chi connectivity index (χ4n) is 3.18.